The Hall–Kier alpha value is -0.690. The van der Waals surface area contributed by atoms with E-state index in [9.17, 15) is 20.1 Å². The summed E-state index contributed by atoms with van der Waals surface area (Å²) in [5.74, 6) is -0.653. The Labute approximate surface area is 118 Å². The highest BCUT2D eigenvalue weighted by atomic mass is 16.5. The molecule has 6 nitrogen and oxygen atoms in total. The fourth-order valence-corrected chi connectivity index (χ4v) is 4.87. The molecule has 0 aliphatic heterocycles. The first-order valence-electron chi connectivity index (χ1n) is 7.39. The predicted octanol–water partition coefficient (Wildman–Crippen LogP) is -0.665. The molecule has 0 heterocycles. The summed E-state index contributed by atoms with van der Waals surface area (Å²) in [7, 11) is 0. The van der Waals surface area contributed by atoms with Gasteiger partial charge in [0.25, 0.3) is 0 Å². The van der Waals surface area contributed by atoms with Crippen LogP contribution in [0.1, 0.15) is 26.2 Å². The van der Waals surface area contributed by atoms with E-state index in [1.807, 2.05) is 6.92 Å². The molecule has 0 saturated heterocycles. The third-order valence-electron chi connectivity index (χ3n) is 6.32. The summed E-state index contributed by atoms with van der Waals surface area (Å²) in [5.41, 5.74) is 11.8. The van der Waals surface area contributed by atoms with Gasteiger partial charge >= 0.3 is 5.97 Å². The molecule has 0 aromatic carbocycles. The molecular formula is C14H24N2O4. The van der Waals surface area contributed by atoms with Crippen molar-refractivity contribution in [3.8, 4) is 0 Å². The molecule has 8 unspecified atom stereocenters. The monoisotopic (exact) mass is 284 g/mol. The van der Waals surface area contributed by atoms with Gasteiger partial charge in [0.1, 0.15) is 0 Å². The molecule has 0 aromatic heterocycles. The molecule has 0 radical (unpaired) electrons. The summed E-state index contributed by atoms with van der Waals surface area (Å²) in [4.78, 5) is 11.4. The highest BCUT2D eigenvalue weighted by Gasteiger charge is 2.64. The van der Waals surface area contributed by atoms with Gasteiger partial charge in [-0.2, -0.15) is 0 Å². The maximum atomic E-state index is 11.4. The van der Waals surface area contributed by atoms with Gasteiger partial charge in [-0.15, -0.1) is 0 Å². The molecule has 0 spiro atoms. The topological polar surface area (TPSA) is 130 Å². The number of rotatable bonds is 2. The third-order valence-corrected chi connectivity index (χ3v) is 6.32. The summed E-state index contributed by atoms with van der Waals surface area (Å²) in [6, 6.07) is -0.704. The zero-order valence-corrected chi connectivity index (χ0v) is 11.6. The van der Waals surface area contributed by atoms with Crippen LogP contribution in [0.4, 0.5) is 0 Å². The van der Waals surface area contributed by atoms with Crippen LogP contribution in [0.5, 0.6) is 0 Å². The van der Waals surface area contributed by atoms with Crippen molar-refractivity contribution in [1.82, 2.24) is 0 Å². The minimum Gasteiger partial charge on any atom is -0.481 e. The van der Waals surface area contributed by atoms with Crippen LogP contribution in [0.25, 0.3) is 0 Å². The lowest BCUT2D eigenvalue weighted by molar-refractivity contribution is -0.171. The molecule has 3 fully saturated rings. The van der Waals surface area contributed by atoms with Gasteiger partial charge in [-0.3, -0.25) is 4.79 Å². The Kier molecular flexibility index (Phi) is 3.14. The first-order valence-corrected chi connectivity index (χ1v) is 7.39. The lowest BCUT2D eigenvalue weighted by atomic mass is 9.56. The summed E-state index contributed by atoms with van der Waals surface area (Å²) >= 11 is 0. The van der Waals surface area contributed by atoms with Crippen molar-refractivity contribution in [2.45, 2.75) is 44.6 Å². The van der Waals surface area contributed by atoms with E-state index in [1.165, 1.54) is 0 Å². The van der Waals surface area contributed by atoms with Crippen LogP contribution >= 0.6 is 0 Å². The van der Waals surface area contributed by atoms with Crippen molar-refractivity contribution < 1.29 is 20.1 Å². The maximum Gasteiger partial charge on any atom is 0.308 e. The van der Waals surface area contributed by atoms with Gasteiger partial charge in [-0.1, -0.05) is 6.92 Å². The molecule has 0 amide bonds. The fourth-order valence-electron chi connectivity index (χ4n) is 4.87. The lowest BCUT2D eigenvalue weighted by Gasteiger charge is -2.53. The van der Waals surface area contributed by atoms with Crippen LogP contribution in [-0.2, 0) is 4.79 Å². The quantitative estimate of drug-likeness (QED) is 0.428. The van der Waals surface area contributed by atoms with Crippen molar-refractivity contribution in [2.75, 3.05) is 0 Å². The summed E-state index contributed by atoms with van der Waals surface area (Å²) in [6.07, 6.45) is 0.714. The van der Waals surface area contributed by atoms with Crippen LogP contribution in [0, 0.1) is 35.0 Å². The minimum atomic E-state index is -1.44. The normalized spacial score (nSPS) is 54.2. The maximum absolute atomic E-state index is 11.4. The van der Waals surface area contributed by atoms with Crippen molar-refractivity contribution in [1.29, 1.82) is 0 Å². The van der Waals surface area contributed by atoms with E-state index in [1.54, 1.807) is 0 Å². The molecule has 0 aromatic rings. The van der Waals surface area contributed by atoms with Crippen molar-refractivity contribution >= 4 is 5.97 Å². The van der Waals surface area contributed by atoms with Gasteiger partial charge in [-0.25, -0.2) is 0 Å². The second kappa shape index (κ2) is 4.40. The highest BCUT2D eigenvalue weighted by Crippen LogP contribution is 2.62. The number of hydrogen-bond acceptors (Lipinski definition) is 5. The third kappa shape index (κ3) is 1.75. The summed E-state index contributed by atoms with van der Waals surface area (Å²) < 4.78 is 0. The Bertz CT molecular complexity index is 429. The summed E-state index contributed by atoms with van der Waals surface area (Å²) in [5, 5.41) is 28.7. The van der Waals surface area contributed by atoms with E-state index in [4.69, 9.17) is 11.5 Å². The molecule has 3 saturated carbocycles. The number of nitrogens with two attached hydrogens (primary N) is 2. The first-order chi connectivity index (χ1) is 9.29. The van der Waals surface area contributed by atoms with Crippen molar-refractivity contribution in [2.24, 2.45) is 46.5 Å². The Morgan fingerprint density at radius 3 is 2.45 bits per heavy atom. The SMILES string of the molecule is CC1(C(O)O)CCC2C(N)C(C(=O)O)C3CC3C2C1N. The van der Waals surface area contributed by atoms with E-state index in [-0.39, 0.29) is 35.8 Å². The van der Waals surface area contributed by atoms with Gasteiger partial charge in [0.2, 0.25) is 0 Å². The standard InChI is InChI=1S/C14H24N2O4/c1-14(13(19)20)3-2-5-8(11(14)16)6-4-7(6)9(10(5)15)12(17)18/h5-11,13,19-20H,2-4,15-16H2,1H3,(H,17,18). The molecule has 20 heavy (non-hydrogen) atoms. The molecule has 7 N–H and O–H groups in total. The zero-order chi connectivity index (χ0) is 14.8. The lowest BCUT2D eigenvalue weighted by Crippen LogP contribution is -2.62. The fraction of sp³-hybridized carbons (Fsp3) is 0.929. The number of carbonyl (C=O) groups is 1. The molecule has 6 heteroatoms. The highest BCUT2D eigenvalue weighted by molar-refractivity contribution is 5.72. The van der Waals surface area contributed by atoms with E-state index < -0.39 is 23.6 Å². The second-order valence-corrected chi connectivity index (χ2v) is 7.19. The minimum absolute atomic E-state index is 0.0849. The van der Waals surface area contributed by atoms with Crippen LogP contribution in [0.3, 0.4) is 0 Å². The Balaban J connectivity index is 1.88. The van der Waals surface area contributed by atoms with Gasteiger partial charge in [0.05, 0.1) is 5.92 Å². The number of aliphatic hydroxyl groups is 2. The largest absolute Gasteiger partial charge is 0.481 e. The second-order valence-electron chi connectivity index (χ2n) is 7.19. The van der Waals surface area contributed by atoms with Crippen molar-refractivity contribution in [3.05, 3.63) is 0 Å². The Morgan fingerprint density at radius 2 is 1.90 bits per heavy atom. The molecule has 0 bridgehead atoms. The zero-order valence-electron chi connectivity index (χ0n) is 11.6. The van der Waals surface area contributed by atoms with E-state index in [0.717, 1.165) is 12.8 Å². The number of aliphatic carboxylic acids is 1. The first kappa shape index (κ1) is 14.3. The predicted molar refractivity (Wildman–Crippen MR) is 71.2 cm³/mol. The Morgan fingerprint density at radius 1 is 1.25 bits per heavy atom. The number of fused-ring (bicyclic) bond motifs is 3. The van der Waals surface area contributed by atoms with Gasteiger partial charge in [0, 0.05) is 17.5 Å². The molecule has 3 aliphatic rings. The average molecular weight is 284 g/mol. The van der Waals surface area contributed by atoms with E-state index in [2.05, 4.69) is 0 Å². The van der Waals surface area contributed by atoms with Crippen LogP contribution < -0.4 is 11.5 Å². The molecule has 8 atom stereocenters. The van der Waals surface area contributed by atoms with Crippen LogP contribution in [0.15, 0.2) is 0 Å². The molecule has 114 valence electrons. The molecular weight excluding hydrogens is 260 g/mol. The number of carboxylic acids is 1. The average Bonchev–Trinajstić information content (AvgIpc) is 3.12. The van der Waals surface area contributed by atoms with Gasteiger partial charge < -0.3 is 26.8 Å². The number of carboxylic acid groups (broad SMARTS) is 1. The smallest absolute Gasteiger partial charge is 0.308 e. The van der Waals surface area contributed by atoms with E-state index in [0.29, 0.717) is 6.42 Å². The van der Waals surface area contributed by atoms with Crippen LogP contribution in [0.2, 0.25) is 0 Å². The van der Waals surface area contributed by atoms with Crippen LogP contribution in [-0.4, -0.2) is 39.7 Å². The molecule has 3 rings (SSSR count). The van der Waals surface area contributed by atoms with Crippen molar-refractivity contribution in [3.63, 3.8) is 0 Å². The van der Waals surface area contributed by atoms with E-state index >= 15 is 0 Å². The van der Waals surface area contributed by atoms with Gasteiger partial charge in [-0.05, 0) is 42.9 Å². The van der Waals surface area contributed by atoms with Gasteiger partial charge in [0.15, 0.2) is 6.29 Å². The summed E-state index contributed by atoms with van der Waals surface area (Å²) in [6.45, 7) is 1.81. The molecule has 3 aliphatic carbocycles. The number of hydrogen-bond donors (Lipinski definition) is 5. The number of aliphatic hydroxyl groups excluding tert-OH is 1.